The first-order valence-corrected chi connectivity index (χ1v) is 9.92. The van der Waals surface area contributed by atoms with Gasteiger partial charge < -0.3 is 15.4 Å². The molecule has 0 aliphatic rings. The number of halogens is 3. The van der Waals surface area contributed by atoms with Gasteiger partial charge in [-0.15, -0.1) is 10.2 Å². The SMILES string of the molecule is COCCNc1nnc(SC(C)C(=O)Nc2cc(Cl)c(Cl)cc2Cl)s1. The van der Waals surface area contributed by atoms with Gasteiger partial charge in [-0.25, -0.2) is 0 Å². The third-order valence-corrected chi connectivity index (χ3v) is 6.00. The molecule has 0 aliphatic carbocycles. The molecule has 136 valence electrons. The topological polar surface area (TPSA) is 76.1 Å². The Balaban J connectivity index is 1.93. The molecule has 1 atom stereocenters. The Morgan fingerprint density at radius 1 is 1.28 bits per heavy atom. The first kappa shape index (κ1) is 20.5. The molecule has 0 saturated carbocycles. The van der Waals surface area contributed by atoms with E-state index in [0.29, 0.717) is 43.4 Å². The largest absolute Gasteiger partial charge is 0.383 e. The molecule has 1 aromatic carbocycles. The van der Waals surface area contributed by atoms with Gasteiger partial charge in [-0.05, 0) is 19.1 Å². The highest BCUT2D eigenvalue weighted by atomic mass is 35.5. The maximum Gasteiger partial charge on any atom is 0.237 e. The summed E-state index contributed by atoms with van der Waals surface area (Å²) in [4.78, 5) is 12.3. The van der Waals surface area contributed by atoms with Gasteiger partial charge in [-0.2, -0.15) is 0 Å². The van der Waals surface area contributed by atoms with E-state index in [2.05, 4.69) is 20.8 Å². The predicted molar refractivity (Wildman–Crippen MR) is 106 cm³/mol. The third kappa shape index (κ3) is 6.16. The molecule has 25 heavy (non-hydrogen) atoms. The van der Waals surface area contributed by atoms with E-state index in [1.54, 1.807) is 14.0 Å². The van der Waals surface area contributed by atoms with Crippen LogP contribution in [0.25, 0.3) is 0 Å². The molecule has 0 fully saturated rings. The van der Waals surface area contributed by atoms with Crippen molar-refractivity contribution in [1.29, 1.82) is 0 Å². The summed E-state index contributed by atoms with van der Waals surface area (Å²) in [6.45, 7) is 2.98. The zero-order chi connectivity index (χ0) is 18.4. The van der Waals surface area contributed by atoms with Gasteiger partial charge in [0.1, 0.15) is 0 Å². The van der Waals surface area contributed by atoms with E-state index in [1.165, 1.54) is 35.2 Å². The van der Waals surface area contributed by atoms with Gasteiger partial charge in [-0.3, -0.25) is 4.79 Å². The molecule has 0 bridgehead atoms. The fourth-order valence-corrected chi connectivity index (χ4v) is 4.16. The van der Waals surface area contributed by atoms with Crippen molar-refractivity contribution < 1.29 is 9.53 Å². The molecule has 1 unspecified atom stereocenters. The molecule has 1 heterocycles. The van der Waals surface area contributed by atoms with Crippen LogP contribution in [0.2, 0.25) is 15.1 Å². The number of ether oxygens (including phenoxy) is 1. The fraction of sp³-hybridized carbons (Fsp3) is 0.357. The number of benzene rings is 1. The minimum atomic E-state index is -0.398. The summed E-state index contributed by atoms with van der Waals surface area (Å²) in [7, 11) is 1.63. The lowest BCUT2D eigenvalue weighted by Crippen LogP contribution is -2.22. The highest BCUT2D eigenvalue weighted by Crippen LogP contribution is 2.33. The second-order valence-corrected chi connectivity index (χ2v) is 8.58. The van der Waals surface area contributed by atoms with Crippen LogP contribution in [0.5, 0.6) is 0 Å². The van der Waals surface area contributed by atoms with Crippen molar-refractivity contribution in [3.63, 3.8) is 0 Å². The molecule has 0 aliphatic heterocycles. The van der Waals surface area contributed by atoms with Crippen LogP contribution >= 0.6 is 57.9 Å². The van der Waals surface area contributed by atoms with Gasteiger partial charge in [-0.1, -0.05) is 57.9 Å². The maximum absolute atomic E-state index is 12.3. The molecular formula is C14H15Cl3N4O2S2. The smallest absolute Gasteiger partial charge is 0.237 e. The number of carbonyl (C=O) groups is 1. The highest BCUT2D eigenvalue weighted by molar-refractivity contribution is 8.02. The molecule has 2 N–H and O–H groups in total. The summed E-state index contributed by atoms with van der Waals surface area (Å²) in [6.07, 6.45) is 0. The molecule has 1 amide bonds. The number of nitrogens with one attached hydrogen (secondary N) is 2. The van der Waals surface area contributed by atoms with Gasteiger partial charge >= 0.3 is 0 Å². The minimum Gasteiger partial charge on any atom is -0.383 e. The number of amides is 1. The Hall–Kier alpha value is -0.770. The first-order valence-electron chi connectivity index (χ1n) is 7.09. The normalized spacial score (nSPS) is 12.0. The molecule has 0 radical (unpaired) electrons. The summed E-state index contributed by atoms with van der Waals surface area (Å²) >= 11 is 20.6. The standard InChI is InChI=1S/C14H15Cl3N4O2S2/c1-7(24-14-21-20-13(25-14)18-3-4-23-2)12(22)19-11-6-9(16)8(15)5-10(11)17/h5-7H,3-4H2,1-2H3,(H,18,20)(H,19,22). The number of rotatable bonds is 8. The van der Waals surface area contributed by atoms with Crippen LogP contribution in [0, 0.1) is 0 Å². The van der Waals surface area contributed by atoms with Crippen molar-refractivity contribution in [2.24, 2.45) is 0 Å². The molecule has 6 nitrogen and oxygen atoms in total. The number of hydrogen-bond acceptors (Lipinski definition) is 7. The molecule has 11 heteroatoms. The van der Waals surface area contributed by atoms with Crippen LogP contribution in [0.1, 0.15) is 6.92 Å². The number of aromatic nitrogens is 2. The van der Waals surface area contributed by atoms with E-state index in [4.69, 9.17) is 39.5 Å². The Bertz CT molecular complexity index is 745. The zero-order valence-electron chi connectivity index (χ0n) is 13.3. The maximum atomic E-state index is 12.3. The van der Waals surface area contributed by atoms with Gasteiger partial charge in [0.05, 0.1) is 32.6 Å². The number of carbonyl (C=O) groups excluding carboxylic acids is 1. The van der Waals surface area contributed by atoms with E-state index in [9.17, 15) is 4.79 Å². The number of hydrogen-bond donors (Lipinski definition) is 2. The molecule has 0 spiro atoms. The van der Waals surface area contributed by atoms with Crippen LogP contribution < -0.4 is 10.6 Å². The Morgan fingerprint density at radius 3 is 2.72 bits per heavy atom. The van der Waals surface area contributed by atoms with Crippen LogP contribution in [0.4, 0.5) is 10.8 Å². The number of methoxy groups -OCH3 is 1. The lowest BCUT2D eigenvalue weighted by molar-refractivity contribution is -0.115. The van der Waals surface area contributed by atoms with Crippen molar-refractivity contribution in [1.82, 2.24) is 10.2 Å². The van der Waals surface area contributed by atoms with Crippen LogP contribution in [-0.2, 0) is 9.53 Å². The van der Waals surface area contributed by atoms with Gasteiger partial charge in [0.25, 0.3) is 0 Å². The van der Waals surface area contributed by atoms with Crippen LogP contribution in [-0.4, -0.2) is 41.6 Å². The van der Waals surface area contributed by atoms with E-state index in [1.807, 2.05) is 0 Å². The molecule has 0 saturated heterocycles. The van der Waals surface area contributed by atoms with E-state index in [0.717, 1.165) is 0 Å². The summed E-state index contributed by atoms with van der Waals surface area (Å²) in [5, 5.41) is 15.1. The minimum absolute atomic E-state index is 0.227. The van der Waals surface area contributed by atoms with E-state index < -0.39 is 5.25 Å². The van der Waals surface area contributed by atoms with Crippen molar-refractivity contribution in [3.05, 3.63) is 27.2 Å². The monoisotopic (exact) mass is 440 g/mol. The molecule has 2 rings (SSSR count). The summed E-state index contributed by atoms with van der Waals surface area (Å²) in [5.74, 6) is -0.227. The van der Waals surface area contributed by atoms with Crippen molar-refractivity contribution in [2.75, 3.05) is 30.9 Å². The predicted octanol–water partition coefficient (Wildman–Crippen LogP) is 4.68. The zero-order valence-corrected chi connectivity index (χ0v) is 17.2. The quantitative estimate of drug-likeness (QED) is 0.352. The van der Waals surface area contributed by atoms with E-state index in [-0.39, 0.29) is 5.91 Å². The van der Waals surface area contributed by atoms with Crippen molar-refractivity contribution in [2.45, 2.75) is 16.5 Å². The lowest BCUT2D eigenvalue weighted by Gasteiger charge is -2.12. The molecule has 1 aromatic heterocycles. The number of thioether (sulfide) groups is 1. The second kappa shape index (κ2) is 9.80. The van der Waals surface area contributed by atoms with Crippen molar-refractivity contribution in [3.8, 4) is 0 Å². The number of nitrogens with zero attached hydrogens (tertiary/aromatic N) is 2. The van der Waals surface area contributed by atoms with Crippen LogP contribution in [0.3, 0.4) is 0 Å². The third-order valence-electron chi connectivity index (χ3n) is 2.90. The Labute approximate surface area is 168 Å². The van der Waals surface area contributed by atoms with Crippen LogP contribution in [0.15, 0.2) is 16.5 Å². The summed E-state index contributed by atoms with van der Waals surface area (Å²) in [6, 6.07) is 3.01. The second-order valence-electron chi connectivity index (χ2n) is 4.79. The Kier molecular flexibility index (Phi) is 8.05. The van der Waals surface area contributed by atoms with Gasteiger partial charge in [0, 0.05) is 13.7 Å². The summed E-state index contributed by atoms with van der Waals surface area (Å²) in [5.41, 5.74) is 0.410. The highest BCUT2D eigenvalue weighted by Gasteiger charge is 2.19. The van der Waals surface area contributed by atoms with Gasteiger partial charge in [0.15, 0.2) is 4.34 Å². The fourth-order valence-electron chi connectivity index (χ4n) is 1.65. The number of anilines is 2. The summed E-state index contributed by atoms with van der Waals surface area (Å²) < 4.78 is 5.64. The average molecular weight is 442 g/mol. The first-order chi connectivity index (χ1) is 11.9. The van der Waals surface area contributed by atoms with E-state index >= 15 is 0 Å². The lowest BCUT2D eigenvalue weighted by atomic mass is 10.3. The molecule has 2 aromatic rings. The van der Waals surface area contributed by atoms with Gasteiger partial charge in [0.2, 0.25) is 11.0 Å². The average Bonchev–Trinajstić information content (AvgIpc) is 3.00. The molecular weight excluding hydrogens is 427 g/mol. The Morgan fingerprint density at radius 2 is 2.00 bits per heavy atom. The van der Waals surface area contributed by atoms with Crippen molar-refractivity contribution >= 4 is 74.6 Å².